The molecule has 0 aliphatic rings. The molecule has 0 radical (unpaired) electrons. The second-order valence-electron chi connectivity index (χ2n) is 3.50. The smallest absolute Gasteiger partial charge is 0.198 e. The number of aliphatic hydroxyl groups excluding tert-OH is 1. The minimum absolute atomic E-state index is 0.0888. The average Bonchev–Trinajstić information content (AvgIpc) is 2.66. The minimum atomic E-state index is 0.0888. The number of halogens is 1. The molecule has 1 N–H and O–H groups in total. The van der Waals surface area contributed by atoms with Gasteiger partial charge in [0.1, 0.15) is 5.76 Å². The molecule has 16 heavy (non-hydrogen) atoms. The third-order valence-corrected chi connectivity index (χ3v) is 2.70. The highest BCUT2D eigenvalue weighted by Gasteiger charge is 2.04. The summed E-state index contributed by atoms with van der Waals surface area (Å²) in [6.45, 7) is 0.0888. The van der Waals surface area contributed by atoms with Gasteiger partial charge in [-0.1, -0.05) is 28.1 Å². The summed E-state index contributed by atoms with van der Waals surface area (Å²) in [5.41, 5.74) is 1.15. The molecule has 0 bridgehead atoms. The van der Waals surface area contributed by atoms with E-state index in [1.54, 1.807) is 6.20 Å². The third-order valence-electron chi connectivity index (χ3n) is 2.20. The molecule has 1 aromatic heterocycles. The first-order chi connectivity index (χ1) is 7.78. The Morgan fingerprint density at radius 2 is 2.25 bits per heavy atom. The van der Waals surface area contributed by atoms with Crippen LogP contribution in [0.3, 0.4) is 0 Å². The van der Waals surface area contributed by atoms with Gasteiger partial charge in [-0.15, -0.1) is 0 Å². The molecule has 4 heteroatoms. The van der Waals surface area contributed by atoms with Crippen LogP contribution in [0.1, 0.15) is 17.2 Å². The number of aromatic nitrogens is 1. The van der Waals surface area contributed by atoms with Crippen molar-refractivity contribution < 1.29 is 9.52 Å². The number of hydrogen-bond acceptors (Lipinski definition) is 3. The van der Waals surface area contributed by atoms with E-state index in [-0.39, 0.29) is 6.61 Å². The molecule has 3 nitrogen and oxygen atoms in total. The summed E-state index contributed by atoms with van der Waals surface area (Å²) < 4.78 is 6.53. The summed E-state index contributed by atoms with van der Waals surface area (Å²) in [5, 5.41) is 8.76. The van der Waals surface area contributed by atoms with Gasteiger partial charge in [0.05, 0.1) is 12.8 Å². The van der Waals surface area contributed by atoms with Crippen LogP contribution in [0.5, 0.6) is 0 Å². The van der Waals surface area contributed by atoms with Crippen molar-refractivity contribution in [2.24, 2.45) is 0 Å². The van der Waals surface area contributed by atoms with Crippen molar-refractivity contribution >= 4 is 15.9 Å². The van der Waals surface area contributed by atoms with Gasteiger partial charge >= 0.3 is 0 Å². The molecule has 0 saturated carbocycles. The third kappa shape index (κ3) is 2.93. The monoisotopic (exact) mass is 281 g/mol. The topological polar surface area (TPSA) is 46.3 Å². The number of aliphatic hydroxyl groups is 1. The standard InChI is InChI=1S/C12H12BrNO2/c13-10-3-1-2-9(6-10)7-12-14-8-11(16-12)4-5-15/h1-3,6,8,15H,4-5,7H2. The van der Waals surface area contributed by atoms with Gasteiger partial charge < -0.3 is 9.52 Å². The van der Waals surface area contributed by atoms with Crippen LogP contribution in [0.15, 0.2) is 39.4 Å². The zero-order chi connectivity index (χ0) is 11.4. The fourth-order valence-corrected chi connectivity index (χ4v) is 1.92. The molecular formula is C12H12BrNO2. The van der Waals surface area contributed by atoms with Crippen molar-refractivity contribution in [3.8, 4) is 0 Å². The van der Waals surface area contributed by atoms with Crippen LogP contribution in [0, 0.1) is 0 Å². The summed E-state index contributed by atoms with van der Waals surface area (Å²) in [5.74, 6) is 1.41. The van der Waals surface area contributed by atoms with E-state index in [1.807, 2.05) is 24.3 Å². The van der Waals surface area contributed by atoms with Crippen molar-refractivity contribution in [3.05, 3.63) is 52.1 Å². The molecule has 0 spiro atoms. The average molecular weight is 282 g/mol. The maximum absolute atomic E-state index is 8.76. The van der Waals surface area contributed by atoms with E-state index in [9.17, 15) is 0 Å². The van der Waals surface area contributed by atoms with E-state index in [0.717, 1.165) is 15.8 Å². The highest BCUT2D eigenvalue weighted by Crippen LogP contribution is 2.15. The summed E-state index contributed by atoms with van der Waals surface area (Å²) in [6, 6.07) is 8.03. The van der Waals surface area contributed by atoms with E-state index in [4.69, 9.17) is 9.52 Å². The Morgan fingerprint density at radius 1 is 1.38 bits per heavy atom. The largest absolute Gasteiger partial charge is 0.445 e. The van der Waals surface area contributed by atoms with Gasteiger partial charge in [-0.2, -0.15) is 0 Å². The Kier molecular flexibility index (Phi) is 3.74. The van der Waals surface area contributed by atoms with Crippen LogP contribution in [-0.4, -0.2) is 16.7 Å². The molecular weight excluding hydrogens is 270 g/mol. The molecule has 0 aliphatic carbocycles. The second kappa shape index (κ2) is 5.27. The van der Waals surface area contributed by atoms with Gasteiger partial charge in [0.15, 0.2) is 5.89 Å². The summed E-state index contributed by atoms with van der Waals surface area (Å²) in [6.07, 6.45) is 2.86. The van der Waals surface area contributed by atoms with Gasteiger partial charge in [0, 0.05) is 17.3 Å². The van der Waals surface area contributed by atoms with Crippen LogP contribution in [0.4, 0.5) is 0 Å². The highest BCUT2D eigenvalue weighted by atomic mass is 79.9. The zero-order valence-corrected chi connectivity index (χ0v) is 10.3. The zero-order valence-electron chi connectivity index (χ0n) is 8.69. The second-order valence-corrected chi connectivity index (χ2v) is 4.42. The summed E-state index contributed by atoms with van der Waals surface area (Å²) >= 11 is 3.42. The quantitative estimate of drug-likeness (QED) is 0.937. The number of hydrogen-bond donors (Lipinski definition) is 1. The van der Waals surface area contributed by atoms with Gasteiger partial charge in [-0.05, 0) is 17.7 Å². The van der Waals surface area contributed by atoms with Crippen LogP contribution in [-0.2, 0) is 12.8 Å². The molecule has 84 valence electrons. The molecule has 1 aromatic carbocycles. The minimum Gasteiger partial charge on any atom is -0.445 e. The van der Waals surface area contributed by atoms with Gasteiger partial charge in [0.25, 0.3) is 0 Å². The van der Waals surface area contributed by atoms with Crippen LogP contribution >= 0.6 is 15.9 Å². The van der Waals surface area contributed by atoms with Crippen molar-refractivity contribution in [2.45, 2.75) is 12.8 Å². The Hall–Kier alpha value is -1.13. The fraction of sp³-hybridized carbons (Fsp3) is 0.250. The predicted molar refractivity (Wildman–Crippen MR) is 64.2 cm³/mol. The van der Waals surface area contributed by atoms with Crippen LogP contribution < -0.4 is 0 Å². The number of nitrogens with zero attached hydrogens (tertiary/aromatic N) is 1. The van der Waals surface area contributed by atoms with Crippen molar-refractivity contribution in [3.63, 3.8) is 0 Å². The van der Waals surface area contributed by atoms with Gasteiger partial charge in [0.2, 0.25) is 0 Å². The Balaban J connectivity index is 2.08. The van der Waals surface area contributed by atoms with E-state index in [2.05, 4.69) is 20.9 Å². The van der Waals surface area contributed by atoms with E-state index < -0.39 is 0 Å². The maximum Gasteiger partial charge on any atom is 0.198 e. The molecule has 0 aliphatic heterocycles. The van der Waals surface area contributed by atoms with Crippen molar-refractivity contribution in [2.75, 3.05) is 6.61 Å². The lowest BCUT2D eigenvalue weighted by Gasteiger charge is -1.98. The Labute approximate surface area is 102 Å². The maximum atomic E-state index is 8.76. The molecule has 1 heterocycles. The summed E-state index contributed by atoms with van der Waals surface area (Å²) in [4.78, 5) is 4.17. The lowest BCUT2D eigenvalue weighted by atomic mass is 10.1. The molecule has 2 rings (SSSR count). The lowest BCUT2D eigenvalue weighted by Crippen LogP contribution is -1.88. The summed E-state index contributed by atoms with van der Waals surface area (Å²) in [7, 11) is 0. The molecule has 0 atom stereocenters. The van der Waals surface area contributed by atoms with Gasteiger partial charge in [-0.25, -0.2) is 4.98 Å². The molecule has 0 amide bonds. The van der Waals surface area contributed by atoms with Crippen molar-refractivity contribution in [1.29, 1.82) is 0 Å². The first-order valence-electron chi connectivity index (χ1n) is 5.07. The molecule has 0 fully saturated rings. The van der Waals surface area contributed by atoms with Crippen molar-refractivity contribution in [1.82, 2.24) is 4.98 Å². The van der Waals surface area contributed by atoms with E-state index in [1.165, 1.54) is 0 Å². The SMILES string of the molecule is OCCc1cnc(Cc2cccc(Br)c2)o1. The first kappa shape index (κ1) is 11.4. The normalized spacial score (nSPS) is 10.6. The Bertz CT molecular complexity index is 468. The number of benzene rings is 1. The highest BCUT2D eigenvalue weighted by molar-refractivity contribution is 9.10. The Morgan fingerprint density at radius 3 is 3.00 bits per heavy atom. The number of oxazole rings is 1. The molecule has 0 unspecified atom stereocenters. The van der Waals surface area contributed by atoms with E-state index in [0.29, 0.717) is 18.7 Å². The predicted octanol–water partition coefficient (Wildman–Crippen LogP) is 2.56. The van der Waals surface area contributed by atoms with Crippen LogP contribution in [0.25, 0.3) is 0 Å². The van der Waals surface area contributed by atoms with Gasteiger partial charge in [-0.3, -0.25) is 0 Å². The molecule has 0 saturated heterocycles. The van der Waals surface area contributed by atoms with Crippen LogP contribution in [0.2, 0.25) is 0 Å². The first-order valence-corrected chi connectivity index (χ1v) is 5.86. The van der Waals surface area contributed by atoms with E-state index >= 15 is 0 Å². The lowest BCUT2D eigenvalue weighted by molar-refractivity contribution is 0.286. The number of rotatable bonds is 4. The molecule has 2 aromatic rings. The fourth-order valence-electron chi connectivity index (χ4n) is 1.48.